The predicted molar refractivity (Wildman–Crippen MR) is 97.4 cm³/mol. The Labute approximate surface area is 157 Å². The van der Waals surface area contributed by atoms with Gasteiger partial charge >= 0.3 is 5.97 Å². The van der Waals surface area contributed by atoms with E-state index in [0.717, 1.165) is 18.6 Å². The number of rotatable bonds is 7. The molecule has 0 saturated carbocycles. The van der Waals surface area contributed by atoms with Crippen molar-refractivity contribution < 1.29 is 23.0 Å². The van der Waals surface area contributed by atoms with Crippen molar-refractivity contribution in [2.75, 3.05) is 26.9 Å². The number of ether oxygens (including phenoxy) is 2. The largest absolute Gasteiger partial charge is 0.466 e. The fraction of sp³-hybridized carbons (Fsp3) is 0.444. The number of benzene rings is 1. The van der Waals surface area contributed by atoms with E-state index in [-0.39, 0.29) is 0 Å². The molecule has 0 unspecified atom stereocenters. The maximum absolute atomic E-state index is 13.7. The number of hydrogen-bond donors (Lipinski definition) is 1. The quantitative estimate of drug-likeness (QED) is 0.443. The molecule has 8 heteroatoms. The zero-order valence-electron chi connectivity index (χ0n) is 15.0. The van der Waals surface area contributed by atoms with Crippen LogP contribution in [0.4, 0.5) is 8.78 Å². The molecule has 0 aliphatic carbocycles. The lowest BCUT2D eigenvalue weighted by molar-refractivity contribution is -0.136. The Morgan fingerprint density at radius 1 is 1.35 bits per heavy atom. The number of carbonyl (C=O) groups is 1. The standard InChI is InChI=1S/C18H22F2N2O3S/c1-4-25-9-5-8-22-11(2)15(17(23)24-3)16(21-18(22)26)12-6-7-13(19)14(20)10-12/h6-7,10,16H,4-5,8-9H2,1-3H3,(H,21,26)/t16-/m1/s1. The molecule has 0 saturated heterocycles. The van der Waals surface area contributed by atoms with Crippen molar-refractivity contribution in [3.8, 4) is 0 Å². The van der Waals surface area contributed by atoms with Gasteiger partial charge in [-0.3, -0.25) is 0 Å². The molecule has 0 aromatic heterocycles. The van der Waals surface area contributed by atoms with E-state index < -0.39 is 23.6 Å². The van der Waals surface area contributed by atoms with E-state index in [1.54, 1.807) is 11.8 Å². The third kappa shape index (κ3) is 4.37. The zero-order chi connectivity index (χ0) is 19.3. The molecule has 1 N–H and O–H groups in total. The summed E-state index contributed by atoms with van der Waals surface area (Å²) in [5.74, 6) is -2.50. The summed E-state index contributed by atoms with van der Waals surface area (Å²) in [5.41, 5.74) is 1.32. The third-order valence-electron chi connectivity index (χ3n) is 4.15. The Bertz CT molecular complexity index is 724. The van der Waals surface area contributed by atoms with E-state index in [9.17, 15) is 13.6 Å². The summed E-state index contributed by atoms with van der Waals surface area (Å²) in [4.78, 5) is 14.1. The SMILES string of the molecule is CCOCCCN1C(=S)N[C@H](c2ccc(F)c(F)c2)C(C(=O)OC)=C1C. The molecule has 0 spiro atoms. The first-order valence-electron chi connectivity index (χ1n) is 8.30. The van der Waals surface area contributed by atoms with Crippen LogP contribution in [0, 0.1) is 11.6 Å². The van der Waals surface area contributed by atoms with Crippen molar-refractivity contribution >= 4 is 23.3 Å². The molecule has 0 fully saturated rings. The van der Waals surface area contributed by atoms with Gasteiger partial charge in [0.1, 0.15) is 0 Å². The van der Waals surface area contributed by atoms with Crippen molar-refractivity contribution in [3.05, 3.63) is 46.7 Å². The number of thiocarbonyl (C=S) groups is 1. The number of allylic oxidation sites excluding steroid dienone is 1. The smallest absolute Gasteiger partial charge is 0.337 e. The van der Waals surface area contributed by atoms with E-state index in [2.05, 4.69) is 5.32 Å². The van der Waals surface area contributed by atoms with Crippen molar-refractivity contribution in [2.45, 2.75) is 26.3 Å². The van der Waals surface area contributed by atoms with Crippen LogP contribution in [0.15, 0.2) is 29.5 Å². The minimum Gasteiger partial charge on any atom is -0.466 e. The molecule has 0 bridgehead atoms. The Balaban J connectivity index is 2.37. The van der Waals surface area contributed by atoms with Gasteiger partial charge in [-0.1, -0.05) is 6.07 Å². The molecule has 0 radical (unpaired) electrons. The highest BCUT2D eigenvalue weighted by atomic mass is 32.1. The van der Waals surface area contributed by atoms with E-state index in [0.29, 0.717) is 41.7 Å². The van der Waals surface area contributed by atoms with Crippen LogP contribution in [0.25, 0.3) is 0 Å². The summed E-state index contributed by atoms with van der Waals surface area (Å²) in [6.45, 7) is 5.43. The van der Waals surface area contributed by atoms with Crippen molar-refractivity contribution in [1.29, 1.82) is 0 Å². The third-order valence-corrected chi connectivity index (χ3v) is 4.49. The number of carbonyl (C=O) groups excluding carboxylic acids is 1. The Hall–Kier alpha value is -2.06. The molecule has 1 aromatic rings. The number of methoxy groups -OCH3 is 1. The lowest BCUT2D eigenvalue weighted by atomic mass is 9.95. The molecule has 1 aliphatic rings. The maximum atomic E-state index is 13.7. The van der Waals surface area contributed by atoms with Crippen LogP contribution < -0.4 is 5.32 Å². The fourth-order valence-electron chi connectivity index (χ4n) is 2.84. The number of nitrogens with one attached hydrogen (secondary N) is 1. The molecule has 5 nitrogen and oxygen atoms in total. The molecule has 142 valence electrons. The van der Waals surface area contributed by atoms with Crippen LogP contribution >= 0.6 is 12.2 Å². The summed E-state index contributed by atoms with van der Waals surface area (Å²) < 4.78 is 37.1. The fourth-order valence-corrected chi connectivity index (χ4v) is 3.18. The molecule has 1 atom stereocenters. The van der Waals surface area contributed by atoms with Crippen LogP contribution in [0.5, 0.6) is 0 Å². The van der Waals surface area contributed by atoms with Gasteiger partial charge in [0, 0.05) is 25.5 Å². The first-order valence-corrected chi connectivity index (χ1v) is 8.71. The number of esters is 1. The van der Waals surface area contributed by atoms with Crippen LogP contribution in [0.3, 0.4) is 0 Å². The second kappa shape index (κ2) is 9.05. The molecule has 1 aliphatic heterocycles. The van der Waals surface area contributed by atoms with E-state index in [1.807, 2.05) is 6.92 Å². The normalized spacial score (nSPS) is 17.3. The summed E-state index contributed by atoms with van der Waals surface area (Å²) in [6.07, 6.45) is 0.720. The van der Waals surface area contributed by atoms with Crippen LogP contribution in [-0.4, -0.2) is 42.8 Å². The lowest BCUT2D eigenvalue weighted by Crippen LogP contribution is -2.48. The van der Waals surface area contributed by atoms with Gasteiger partial charge in [-0.15, -0.1) is 0 Å². The summed E-state index contributed by atoms with van der Waals surface area (Å²) in [5, 5.41) is 3.44. The second-order valence-electron chi connectivity index (χ2n) is 5.75. The Morgan fingerprint density at radius 2 is 2.08 bits per heavy atom. The maximum Gasteiger partial charge on any atom is 0.337 e. The molecular formula is C18H22F2N2O3S. The van der Waals surface area contributed by atoms with Gasteiger partial charge in [-0.2, -0.15) is 0 Å². The topological polar surface area (TPSA) is 50.8 Å². The molecule has 0 amide bonds. The van der Waals surface area contributed by atoms with Crippen LogP contribution in [-0.2, 0) is 14.3 Å². The van der Waals surface area contributed by atoms with Gasteiger partial charge in [0.2, 0.25) is 0 Å². The summed E-state index contributed by atoms with van der Waals surface area (Å²) in [6, 6.07) is 2.78. The zero-order valence-corrected chi connectivity index (χ0v) is 15.8. The van der Waals surface area contributed by atoms with Crippen molar-refractivity contribution in [2.24, 2.45) is 0 Å². The second-order valence-corrected chi connectivity index (χ2v) is 6.14. The average molecular weight is 384 g/mol. The van der Waals surface area contributed by atoms with Crippen LogP contribution in [0.1, 0.15) is 31.9 Å². The first-order chi connectivity index (χ1) is 12.4. The van der Waals surface area contributed by atoms with Gasteiger partial charge in [0.25, 0.3) is 0 Å². The minimum atomic E-state index is -0.990. The first kappa shape index (κ1) is 20.3. The number of hydrogen-bond acceptors (Lipinski definition) is 4. The Morgan fingerprint density at radius 3 is 2.69 bits per heavy atom. The van der Waals surface area contributed by atoms with E-state index >= 15 is 0 Å². The summed E-state index contributed by atoms with van der Waals surface area (Å²) in [7, 11) is 1.28. The molecule has 2 rings (SSSR count). The van der Waals surface area contributed by atoms with Gasteiger partial charge in [0.05, 0.1) is 18.7 Å². The molecule has 1 aromatic carbocycles. The molecule has 26 heavy (non-hydrogen) atoms. The lowest BCUT2D eigenvalue weighted by Gasteiger charge is -2.37. The highest BCUT2D eigenvalue weighted by Crippen LogP contribution is 2.32. The summed E-state index contributed by atoms with van der Waals surface area (Å²) >= 11 is 5.41. The molecule has 1 heterocycles. The average Bonchev–Trinajstić information content (AvgIpc) is 2.62. The number of halogens is 2. The van der Waals surface area contributed by atoms with Crippen LogP contribution in [0.2, 0.25) is 0 Å². The Kier molecular flexibility index (Phi) is 7.05. The van der Waals surface area contributed by atoms with Gasteiger partial charge in [-0.05, 0) is 50.2 Å². The minimum absolute atomic E-state index is 0.309. The molecular weight excluding hydrogens is 362 g/mol. The predicted octanol–water partition coefficient (Wildman–Crippen LogP) is 3.07. The van der Waals surface area contributed by atoms with Gasteiger partial charge in [-0.25, -0.2) is 13.6 Å². The van der Waals surface area contributed by atoms with Gasteiger partial charge < -0.3 is 19.7 Å². The highest BCUT2D eigenvalue weighted by molar-refractivity contribution is 7.80. The van der Waals surface area contributed by atoms with Crippen molar-refractivity contribution in [3.63, 3.8) is 0 Å². The van der Waals surface area contributed by atoms with Gasteiger partial charge in [0.15, 0.2) is 16.7 Å². The van der Waals surface area contributed by atoms with E-state index in [1.165, 1.54) is 13.2 Å². The van der Waals surface area contributed by atoms with Crippen molar-refractivity contribution in [1.82, 2.24) is 10.2 Å². The number of nitrogens with zero attached hydrogens (tertiary/aromatic N) is 1. The van der Waals surface area contributed by atoms with E-state index in [4.69, 9.17) is 21.7 Å². The highest BCUT2D eigenvalue weighted by Gasteiger charge is 2.34. The monoisotopic (exact) mass is 384 g/mol.